The molecule has 138 valence electrons. The van der Waals surface area contributed by atoms with Crippen LogP contribution in [0.5, 0.6) is 0 Å². The molecule has 1 amide bonds. The molecule has 0 bridgehead atoms. The molecule has 3 rings (SSSR count). The van der Waals surface area contributed by atoms with Crippen LogP contribution < -0.4 is 10.9 Å². The molecule has 0 aliphatic rings. The van der Waals surface area contributed by atoms with Crippen LogP contribution in [0.3, 0.4) is 0 Å². The van der Waals surface area contributed by atoms with Crippen molar-refractivity contribution in [1.29, 1.82) is 0 Å². The highest BCUT2D eigenvalue weighted by atomic mass is 16.2. The van der Waals surface area contributed by atoms with Gasteiger partial charge in [0.25, 0.3) is 11.5 Å². The zero-order valence-corrected chi connectivity index (χ0v) is 15.5. The third-order valence-corrected chi connectivity index (χ3v) is 4.52. The zero-order valence-electron chi connectivity index (χ0n) is 15.5. The van der Waals surface area contributed by atoms with Gasteiger partial charge in [-0.15, -0.1) is 0 Å². The van der Waals surface area contributed by atoms with E-state index in [4.69, 9.17) is 0 Å². The smallest absolute Gasteiger partial charge is 0.261 e. The second kappa shape index (κ2) is 8.99. The summed E-state index contributed by atoms with van der Waals surface area (Å²) in [4.78, 5) is 27.3. The van der Waals surface area contributed by atoms with Crippen LogP contribution in [0.4, 0.5) is 0 Å². The molecule has 0 radical (unpaired) electrons. The van der Waals surface area contributed by atoms with Gasteiger partial charge in [-0.1, -0.05) is 74.4 Å². The number of rotatable bonds is 7. The van der Waals surface area contributed by atoms with Crippen LogP contribution in [0.15, 0.2) is 71.5 Å². The van der Waals surface area contributed by atoms with Crippen molar-refractivity contribution >= 4 is 5.91 Å². The first-order valence-corrected chi connectivity index (χ1v) is 9.36. The summed E-state index contributed by atoms with van der Waals surface area (Å²) in [5.74, 6) is -0.321. The molecule has 0 unspecified atom stereocenters. The third-order valence-electron chi connectivity index (χ3n) is 4.52. The minimum Gasteiger partial charge on any atom is -0.352 e. The number of unbranched alkanes of at least 4 members (excludes halogenated alkanes) is 2. The van der Waals surface area contributed by atoms with Gasteiger partial charge in [0, 0.05) is 12.2 Å². The lowest BCUT2D eigenvalue weighted by molar-refractivity contribution is 0.0951. The molecule has 1 heterocycles. The topological polar surface area (TPSA) is 62.0 Å². The second-order valence-electron chi connectivity index (χ2n) is 6.52. The van der Waals surface area contributed by atoms with E-state index in [1.807, 2.05) is 42.5 Å². The van der Waals surface area contributed by atoms with E-state index in [1.54, 1.807) is 12.1 Å². The summed E-state index contributed by atoms with van der Waals surface area (Å²) >= 11 is 0. The van der Waals surface area contributed by atoms with Crippen LogP contribution in [0.1, 0.15) is 36.5 Å². The number of benzene rings is 2. The van der Waals surface area contributed by atoms with E-state index >= 15 is 0 Å². The maximum atomic E-state index is 12.3. The number of hydrogen-bond donors (Lipinski definition) is 2. The number of hydrogen-bond acceptors (Lipinski definition) is 2. The van der Waals surface area contributed by atoms with Gasteiger partial charge in [-0.25, -0.2) is 0 Å². The number of pyridine rings is 1. The van der Waals surface area contributed by atoms with Crippen molar-refractivity contribution in [1.82, 2.24) is 10.3 Å². The van der Waals surface area contributed by atoms with Gasteiger partial charge in [-0.05, 0) is 35.2 Å². The summed E-state index contributed by atoms with van der Waals surface area (Å²) < 4.78 is 0. The van der Waals surface area contributed by atoms with Gasteiger partial charge in [-0.3, -0.25) is 9.59 Å². The van der Waals surface area contributed by atoms with Crippen LogP contribution in [0, 0.1) is 0 Å². The van der Waals surface area contributed by atoms with Gasteiger partial charge < -0.3 is 10.3 Å². The SMILES string of the molecule is CCCCCNC(=O)c1ccc(-c2ccc(-c3ccccc3)cc2)[nH]c1=O. The van der Waals surface area contributed by atoms with Gasteiger partial charge in [0.1, 0.15) is 5.56 Å². The molecule has 0 spiro atoms. The van der Waals surface area contributed by atoms with Gasteiger partial charge >= 0.3 is 0 Å². The van der Waals surface area contributed by atoms with Crippen molar-refractivity contribution in [2.24, 2.45) is 0 Å². The summed E-state index contributed by atoms with van der Waals surface area (Å²) in [7, 11) is 0. The Hall–Kier alpha value is -3.14. The van der Waals surface area contributed by atoms with Gasteiger partial charge in [0.2, 0.25) is 0 Å². The van der Waals surface area contributed by atoms with E-state index in [0.717, 1.165) is 36.0 Å². The lowest BCUT2D eigenvalue weighted by Gasteiger charge is -2.07. The second-order valence-corrected chi connectivity index (χ2v) is 6.52. The monoisotopic (exact) mass is 360 g/mol. The lowest BCUT2D eigenvalue weighted by Crippen LogP contribution is -2.30. The van der Waals surface area contributed by atoms with Crippen molar-refractivity contribution in [2.45, 2.75) is 26.2 Å². The molecular formula is C23H24N2O2. The Morgan fingerprint density at radius 2 is 1.52 bits per heavy atom. The molecule has 0 saturated carbocycles. The summed E-state index contributed by atoms with van der Waals surface area (Å²) in [5.41, 5.74) is 3.64. The highest BCUT2D eigenvalue weighted by molar-refractivity contribution is 5.94. The number of aromatic nitrogens is 1. The first-order valence-electron chi connectivity index (χ1n) is 9.36. The van der Waals surface area contributed by atoms with E-state index in [-0.39, 0.29) is 17.0 Å². The summed E-state index contributed by atoms with van der Waals surface area (Å²) in [6, 6.07) is 21.5. The van der Waals surface area contributed by atoms with Crippen molar-refractivity contribution in [2.75, 3.05) is 6.54 Å². The molecule has 4 nitrogen and oxygen atoms in total. The van der Waals surface area contributed by atoms with E-state index in [9.17, 15) is 9.59 Å². The third kappa shape index (κ3) is 4.73. The van der Waals surface area contributed by atoms with Crippen LogP contribution in [0.25, 0.3) is 22.4 Å². The number of carbonyl (C=O) groups excluding carboxylic acids is 1. The predicted octanol–water partition coefficient (Wildman–Crippen LogP) is 4.63. The lowest BCUT2D eigenvalue weighted by atomic mass is 10.0. The summed E-state index contributed by atoms with van der Waals surface area (Å²) in [6.45, 7) is 2.70. The minimum atomic E-state index is -0.368. The van der Waals surface area contributed by atoms with Gasteiger partial charge in [0.15, 0.2) is 0 Å². The van der Waals surface area contributed by atoms with Crippen molar-refractivity contribution in [3.05, 3.63) is 82.6 Å². The Kier molecular flexibility index (Phi) is 6.21. The van der Waals surface area contributed by atoms with E-state index in [2.05, 4.69) is 29.4 Å². The average molecular weight is 360 g/mol. The molecule has 1 aromatic heterocycles. The standard InChI is InChI=1S/C23H24N2O2/c1-2-3-7-16-24-22(26)20-14-15-21(25-23(20)27)19-12-10-18(11-13-19)17-8-5-4-6-9-17/h4-6,8-15H,2-3,7,16H2,1H3,(H,24,26)(H,25,27). The van der Waals surface area contributed by atoms with E-state index in [0.29, 0.717) is 12.2 Å². The van der Waals surface area contributed by atoms with E-state index < -0.39 is 0 Å². The maximum absolute atomic E-state index is 12.3. The van der Waals surface area contributed by atoms with Crippen LogP contribution >= 0.6 is 0 Å². The molecule has 0 fully saturated rings. The Balaban J connectivity index is 1.73. The molecule has 3 aromatic rings. The van der Waals surface area contributed by atoms with Crippen molar-refractivity contribution in [3.63, 3.8) is 0 Å². The fourth-order valence-corrected chi connectivity index (χ4v) is 2.97. The zero-order chi connectivity index (χ0) is 19.1. The number of nitrogens with one attached hydrogen (secondary N) is 2. The molecule has 27 heavy (non-hydrogen) atoms. The molecule has 2 aromatic carbocycles. The molecular weight excluding hydrogens is 336 g/mol. The molecule has 4 heteroatoms. The first-order chi connectivity index (χ1) is 13.2. The Morgan fingerprint density at radius 3 is 2.19 bits per heavy atom. The summed E-state index contributed by atoms with van der Waals surface area (Å²) in [6.07, 6.45) is 3.08. The fourth-order valence-electron chi connectivity index (χ4n) is 2.97. The van der Waals surface area contributed by atoms with Gasteiger partial charge in [0.05, 0.1) is 0 Å². The molecule has 0 aliphatic heterocycles. The first kappa shape index (κ1) is 18.6. The quantitative estimate of drug-likeness (QED) is 0.604. The largest absolute Gasteiger partial charge is 0.352 e. The minimum absolute atomic E-state index is 0.149. The van der Waals surface area contributed by atoms with Crippen LogP contribution in [-0.4, -0.2) is 17.4 Å². The van der Waals surface area contributed by atoms with Crippen LogP contribution in [-0.2, 0) is 0 Å². The molecule has 0 saturated heterocycles. The fraction of sp³-hybridized carbons (Fsp3) is 0.217. The maximum Gasteiger partial charge on any atom is 0.261 e. The average Bonchev–Trinajstić information content (AvgIpc) is 2.72. The molecule has 0 atom stereocenters. The number of amides is 1. The normalized spacial score (nSPS) is 10.6. The van der Waals surface area contributed by atoms with E-state index in [1.165, 1.54) is 0 Å². The van der Waals surface area contributed by atoms with Gasteiger partial charge in [-0.2, -0.15) is 0 Å². The predicted molar refractivity (Wildman–Crippen MR) is 110 cm³/mol. The van der Waals surface area contributed by atoms with Crippen molar-refractivity contribution < 1.29 is 4.79 Å². The number of aromatic amines is 1. The number of carbonyl (C=O) groups is 1. The molecule has 0 aliphatic carbocycles. The summed E-state index contributed by atoms with van der Waals surface area (Å²) in [5, 5.41) is 2.80. The van der Waals surface area contributed by atoms with Crippen molar-refractivity contribution in [3.8, 4) is 22.4 Å². The Labute approximate surface area is 159 Å². The highest BCUT2D eigenvalue weighted by Crippen LogP contribution is 2.23. The molecule has 2 N–H and O–H groups in total. The van der Waals surface area contributed by atoms with Crippen LogP contribution in [0.2, 0.25) is 0 Å². The highest BCUT2D eigenvalue weighted by Gasteiger charge is 2.11. The number of H-pyrrole nitrogens is 1. The Morgan fingerprint density at radius 1 is 0.852 bits per heavy atom. The Bertz CT molecular complexity index is 944.